The van der Waals surface area contributed by atoms with Crippen molar-refractivity contribution in [1.29, 1.82) is 0 Å². The van der Waals surface area contributed by atoms with Gasteiger partial charge in [-0.15, -0.1) is 0 Å². The fourth-order valence-electron chi connectivity index (χ4n) is 2.27. The summed E-state index contributed by atoms with van der Waals surface area (Å²) >= 11 is 10.0. The summed E-state index contributed by atoms with van der Waals surface area (Å²) in [7, 11) is 0. The summed E-state index contributed by atoms with van der Waals surface area (Å²) in [6.07, 6.45) is 1.14. The second-order valence-corrected chi connectivity index (χ2v) is 7.55. The van der Waals surface area contributed by atoms with E-state index in [0.717, 1.165) is 17.0 Å². The molecule has 0 aliphatic rings. The van der Waals surface area contributed by atoms with Crippen molar-refractivity contribution in [3.63, 3.8) is 0 Å². The number of hydrogen-bond donors (Lipinski definition) is 0. The van der Waals surface area contributed by atoms with Crippen molar-refractivity contribution < 1.29 is 0 Å². The predicted octanol–water partition coefficient (Wildman–Crippen LogP) is 6.82. The van der Waals surface area contributed by atoms with Crippen molar-refractivity contribution in [1.82, 2.24) is 0 Å². The third-order valence-corrected chi connectivity index (χ3v) is 5.82. The number of aryl methyl sites for hydroxylation is 1. The molecule has 0 saturated heterocycles. The van der Waals surface area contributed by atoms with Crippen LogP contribution in [0.15, 0.2) is 42.5 Å². The van der Waals surface area contributed by atoms with Gasteiger partial charge in [-0.25, -0.2) is 0 Å². The van der Waals surface area contributed by atoms with Gasteiger partial charge in [0.15, 0.2) is 0 Å². The summed E-state index contributed by atoms with van der Waals surface area (Å²) in [6.45, 7) is 8.83. The number of hydrogen-bond acceptors (Lipinski definition) is 0. The summed E-state index contributed by atoms with van der Waals surface area (Å²) < 4.78 is 0. The molecule has 2 heteroatoms. The molecule has 1 unspecified atom stereocenters. The second kappa shape index (κ2) is 6.54. The molecule has 0 nitrogen and oxygen atoms in total. The van der Waals surface area contributed by atoms with Gasteiger partial charge in [0.25, 0.3) is 0 Å². The van der Waals surface area contributed by atoms with Crippen molar-refractivity contribution >= 4 is 27.5 Å². The van der Waals surface area contributed by atoms with E-state index in [1.807, 2.05) is 13.0 Å². The van der Waals surface area contributed by atoms with Crippen molar-refractivity contribution in [2.45, 2.75) is 44.4 Å². The van der Waals surface area contributed by atoms with Gasteiger partial charge in [-0.3, -0.25) is 0 Å². The Morgan fingerprint density at radius 1 is 1.05 bits per heavy atom. The molecule has 0 aliphatic heterocycles. The predicted molar refractivity (Wildman–Crippen MR) is 96.7 cm³/mol. The van der Waals surface area contributed by atoms with Gasteiger partial charge in [0.1, 0.15) is 0 Å². The van der Waals surface area contributed by atoms with Gasteiger partial charge >= 0.3 is 0 Å². The first-order valence-corrected chi connectivity index (χ1v) is 8.65. The molecule has 21 heavy (non-hydrogen) atoms. The van der Waals surface area contributed by atoms with Crippen LogP contribution in [-0.4, -0.2) is 0 Å². The van der Waals surface area contributed by atoms with Crippen LogP contribution < -0.4 is 0 Å². The van der Waals surface area contributed by atoms with Crippen LogP contribution in [0.4, 0.5) is 0 Å². The lowest BCUT2D eigenvalue weighted by molar-refractivity contribution is 0.506. The molecule has 0 bridgehead atoms. The molecule has 0 heterocycles. The van der Waals surface area contributed by atoms with Crippen LogP contribution >= 0.6 is 27.5 Å². The van der Waals surface area contributed by atoms with Crippen LogP contribution in [0.2, 0.25) is 5.02 Å². The zero-order chi connectivity index (χ0) is 15.6. The zero-order valence-corrected chi connectivity index (χ0v) is 15.4. The van der Waals surface area contributed by atoms with Crippen LogP contribution in [0.1, 0.15) is 54.3 Å². The molecule has 112 valence electrons. The third kappa shape index (κ3) is 3.70. The Kier molecular flexibility index (Phi) is 5.16. The molecule has 0 N–H and O–H groups in total. The molecule has 0 spiro atoms. The van der Waals surface area contributed by atoms with Crippen LogP contribution in [0.25, 0.3) is 0 Å². The Hall–Kier alpha value is -0.790. The van der Waals surface area contributed by atoms with Crippen molar-refractivity contribution in [2.75, 3.05) is 0 Å². The third-order valence-electron chi connectivity index (χ3n) is 4.36. The first-order valence-electron chi connectivity index (χ1n) is 7.35. The SMILES string of the molecule is CCC(C)(C)c1ccc(C(Br)c2ccc(C)c(Cl)c2)cc1. The number of halogens is 2. The standard InChI is InChI=1S/C19H22BrCl/c1-5-19(3,4)16-10-8-14(9-11-16)18(20)15-7-6-13(2)17(21)12-15/h6-12,18H,5H2,1-4H3. The summed E-state index contributed by atoms with van der Waals surface area (Å²) in [5.41, 5.74) is 5.17. The lowest BCUT2D eigenvalue weighted by Gasteiger charge is -2.24. The Bertz CT molecular complexity index is 614. The normalized spacial score (nSPS) is 13.2. The summed E-state index contributed by atoms with van der Waals surface area (Å²) in [6, 6.07) is 15.1. The first-order chi connectivity index (χ1) is 9.85. The molecular formula is C19H22BrCl. The summed E-state index contributed by atoms with van der Waals surface area (Å²) in [4.78, 5) is 0.175. The van der Waals surface area contributed by atoms with Gasteiger partial charge in [0.05, 0.1) is 4.83 Å². The number of benzene rings is 2. The Morgan fingerprint density at radius 3 is 2.14 bits per heavy atom. The smallest absolute Gasteiger partial charge is 0.0645 e. The van der Waals surface area contributed by atoms with Gasteiger partial charge in [-0.05, 0) is 47.1 Å². The van der Waals surface area contributed by atoms with E-state index in [1.165, 1.54) is 16.7 Å². The van der Waals surface area contributed by atoms with E-state index in [2.05, 4.69) is 73.1 Å². The minimum atomic E-state index is 0.175. The molecular weight excluding hydrogens is 344 g/mol. The second-order valence-electron chi connectivity index (χ2n) is 6.23. The molecule has 0 radical (unpaired) electrons. The van der Waals surface area contributed by atoms with Crippen LogP contribution in [0, 0.1) is 6.92 Å². The molecule has 2 aromatic carbocycles. The molecule has 2 rings (SSSR count). The Morgan fingerprint density at radius 2 is 1.62 bits per heavy atom. The number of alkyl halides is 1. The van der Waals surface area contributed by atoms with E-state index in [0.29, 0.717) is 0 Å². The maximum Gasteiger partial charge on any atom is 0.0645 e. The van der Waals surface area contributed by atoms with Gasteiger partial charge in [0, 0.05) is 5.02 Å². The fraction of sp³-hybridized carbons (Fsp3) is 0.368. The van der Waals surface area contributed by atoms with E-state index in [1.54, 1.807) is 0 Å². The maximum absolute atomic E-state index is 6.23. The summed E-state index contributed by atoms with van der Waals surface area (Å²) in [5.74, 6) is 0. The van der Waals surface area contributed by atoms with E-state index < -0.39 is 0 Å². The average molecular weight is 366 g/mol. The highest BCUT2D eigenvalue weighted by Crippen LogP contribution is 2.34. The van der Waals surface area contributed by atoms with Crippen molar-refractivity contribution in [3.8, 4) is 0 Å². The van der Waals surface area contributed by atoms with E-state index >= 15 is 0 Å². The molecule has 0 aromatic heterocycles. The van der Waals surface area contributed by atoms with Crippen LogP contribution in [0.3, 0.4) is 0 Å². The highest BCUT2D eigenvalue weighted by atomic mass is 79.9. The minimum absolute atomic E-state index is 0.175. The van der Waals surface area contributed by atoms with Crippen molar-refractivity contribution in [3.05, 3.63) is 69.7 Å². The van der Waals surface area contributed by atoms with Crippen LogP contribution in [0.5, 0.6) is 0 Å². The monoisotopic (exact) mass is 364 g/mol. The molecule has 2 aromatic rings. The van der Waals surface area contributed by atoms with E-state index in [-0.39, 0.29) is 10.2 Å². The minimum Gasteiger partial charge on any atom is -0.0840 e. The fourth-order valence-corrected chi connectivity index (χ4v) is 3.05. The molecule has 0 saturated carbocycles. The largest absolute Gasteiger partial charge is 0.0840 e. The number of rotatable bonds is 4. The summed E-state index contributed by atoms with van der Waals surface area (Å²) in [5, 5.41) is 0.820. The molecule has 0 amide bonds. The average Bonchev–Trinajstić information content (AvgIpc) is 2.49. The molecule has 0 aliphatic carbocycles. The zero-order valence-electron chi connectivity index (χ0n) is 13.1. The molecule has 0 fully saturated rings. The highest BCUT2D eigenvalue weighted by Gasteiger charge is 2.18. The Labute approximate surface area is 141 Å². The lowest BCUT2D eigenvalue weighted by Crippen LogP contribution is -2.15. The van der Waals surface area contributed by atoms with E-state index in [4.69, 9.17) is 11.6 Å². The van der Waals surface area contributed by atoms with Crippen LogP contribution in [-0.2, 0) is 5.41 Å². The quantitative estimate of drug-likeness (QED) is 0.521. The lowest BCUT2D eigenvalue weighted by atomic mass is 9.82. The van der Waals surface area contributed by atoms with Gasteiger partial charge < -0.3 is 0 Å². The van der Waals surface area contributed by atoms with Gasteiger partial charge in [0.2, 0.25) is 0 Å². The maximum atomic E-state index is 6.23. The van der Waals surface area contributed by atoms with Gasteiger partial charge in [-0.2, -0.15) is 0 Å². The molecule has 1 atom stereocenters. The van der Waals surface area contributed by atoms with E-state index in [9.17, 15) is 0 Å². The van der Waals surface area contributed by atoms with Crippen molar-refractivity contribution in [2.24, 2.45) is 0 Å². The topological polar surface area (TPSA) is 0 Å². The Balaban J connectivity index is 2.27. The van der Waals surface area contributed by atoms with Gasteiger partial charge in [-0.1, -0.05) is 84.7 Å². The first kappa shape index (κ1) is 16.6. The highest BCUT2D eigenvalue weighted by molar-refractivity contribution is 9.09.